The summed E-state index contributed by atoms with van der Waals surface area (Å²) in [5, 5.41) is 11.7. The van der Waals surface area contributed by atoms with E-state index in [1.54, 1.807) is 31.2 Å². The molecule has 0 fully saturated rings. The van der Waals surface area contributed by atoms with Crippen molar-refractivity contribution in [1.82, 2.24) is 15.5 Å². The minimum atomic E-state index is -4.07. The average Bonchev–Trinajstić information content (AvgIpc) is 2.85. The fourth-order valence-corrected chi connectivity index (χ4v) is 4.15. The Labute approximate surface area is 198 Å². The lowest BCUT2D eigenvalue weighted by atomic mass is 10.1. The summed E-state index contributed by atoms with van der Waals surface area (Å²) < 4.78 is 38.2. The molecule has 0 aromatic heterocycles. The molecule has 34 heavy (non-hydrogen) atoms. The van der Waals surface area contributed by atoms with Crippen LogP contribution in [-0.4, -0.2) is 51.7 Å². The smallest absolute Gasteiger partial charge is 0.261 e. The molecule has 0 radical (unpaired) electrons. The second-order valence-corrected chi connectivity index (χ2v) is 8.65. The molecule has 4 N–H and O–H groups in total. The zero-order chi connectivity index (χ0) is 25.0. The molecule has 0 saturated heterocycles. The van der Waals surface area contributed by atoms with Gasteiger partial charge in [-0.2, -0.15) is 4.72 Å². The summed E-state index contributed by atoms with van der Waals surface area (Å²) in [6.07, 6.45) is 0.279. The summed E-state index contributed by atoms with van der Waals surface area (Å²) in [6, 6.07) is 11.1. The van der Waals surface area contributed by atoms with Gasteiger partial charge in [-0.15, -0.1) is 5.92 Å². The largest absolute Gasteiger partial charge is 0.496 e. The highest BCUT2D eigenvalue weighted by atomic mass is 32.2. The lowest BCUT2D eigenvalue weighted by Crippen LogP contribution is -2.46. The molecule has 11 heteroatoms. The first-order valence-corrected chi connectivity index (χ1v) is 11.8. The number of hydrogen-bond donors (Lipinski definition) is 4. The number of methoxy groups -OCH3 is 1. The third kappa shape index (κ3) is 7.77. The topological polar surface area (TPSA) is 143 Å². The molecule has 1 atom stereocenters. The fraction of sp³-hybridized carbons (Fsp3) is 0.304. The molecule has 2 aromatic carbocycles. The van der Waals surface area contributed by atoms with Gasteiger partial charge in [0.2, 0.25) is 10.0 Å². The Morgan fingerprint density at radius 3 is 2.47 bits per heavy atom. The van der Waals surface area contributed by atoms with E-state index in [0.29, 0.717) is 17.1 Å². The number of ether oxygens (including phenoxy) is 2. The number of rotatable bonds is 12. The Balaban J connectivity index is 1.96. The van der Waals surface area contributed by atoms with Crippen LogP contribution in [0.1, 0.15) is 30.1 Å². The Kier molecular flexibility index (Phi) is 10.3. The maximum absolute atomic E-state index is 12.7. The summed E-state index contributed by atoms with van der Waals surface area (Å²) in [6.45, 7) is 2.02. The summed E-state index contributed by atoms with van der Waals surface area (Å²) in [5.74, 6) is 4.99. The van der Waals surface area contributed by atoms with Crippen molar-refractivity contribution < 1.29 is 32.7 Å². The van der Waals surface area contributed by atoms with E-state index >= 15 is 0 Å². The van der Waals surface area contributed by atoms with E-state index in [0.717, 1.165) is 0 Å². The number of amides is 2. The highest BCUT2D eigenvalue weighted by Crippen LogP contribution is 2.18. The Morgan fingerprint density at radius 2 is 1.82 bits per heavy atom. The van der Waals surface area contributed by atoms with Crippen LogP contribution >= 0.6 is 0 Å². The van der Waals surface area contributed by atoms with Crippen LogP contribution in [0, 0.1) is 11.8 Å². The van der Waals surface area contributed by atoms with Gasteiger partial charge in [-0.05, 0) is 56.2 Å². The highest BCUT2D eigenvalue weighted by Gasteiger charge is 2.25. The molecule has 0 aliphatic carbocycles. The zero-order valence-electron chi connectivity index (χ0n) is 18.8. The Morgan fingerprint density at radius 1 is 1.12 bits per heavy atom. The van der Waals surface area contributed by atoms with E-state index < -0.39 is 22.0 Å². The minimum Gasteiger partial charge on any atom is -0.496 e. The molecule has 2 amide bonds. The van der Waals surface area contributed by atoms with Crippen LogP contribution in [0.2, 0.25) is 0 Å². The number of hydroxylamine groups is 1. The molecule has 0 heterocycles. The van der Waals surface area contributed by atoms with Crippen LogP contribution in [0.4, 0.5) is 0 Å². The third-order valence-electron chi connectivity index (χ3n) is 4.65. The highest BCUT2D eigenvalue weighted by molar-refractivity contribution is 7.89. The first kappa shape index (κ1) is 26.7. The van der Waals surface area contributed by atoms with Crippen LogP contribution in [-0.2, 0) is 14.8 Å². The van der Waals surface area contributed by atoms with Gasteiger partial charge in [0.25, 0.3) is 11.8 Å². The van der Waals surface area contributed by atoms with E-state index in [9.17, 15) is 18.0 Å². The van der Waals surface area contributed by atoms with Crippen LogP contribution in [0.15, 0.2) is 53.4 Å². The predicted octanol–water partition coefficient (Wildman–Crippen LogP) is 1.46. The van der Waals surface area contributed by atoms with Crippen molar-refractivity contribution in [2.75, 3.05) is 20.3 Å². The first-order valence-electron chi connectivity index (χ1n) is 10.3. The standard InChI is InChI=1S/C23H27N3O7S/c1-3-4-16-33-17-11-13-18(14-12-17)34(30,31)26-20(23(28)25-29)9-7-15-24-22(27)19-8-5-6-10-21(19)32-2/h5-6,8,10-14,20,26,29H,7,9,15-16H2,1-2H3,(H,24,27)(H,25,28)/t20-/m1/s1. The fourth-order valence-electron chi connectivity index (χ4n) is 2.92. The van der Waals surface area contributed by atoms with Crippen molar-refractivity contribution in [2.24, 2.45) is 0 Å². The van der Waals surface area contributed by atoms with Gasteiger partial charge in [0.15, 0.2) is 0 Å². The molecule has 10 nitrogen and oxygen atoms in total. The van der Waals surface area contributed by atoms with Crippen molar-refractivity contribution in [3.05, 3.63) is 54.1 Å². The monoisotopic (exact) mass is 489 g/mol. The van der Waals surface area contributed by atoms with Crippen molar-refractivity contribution in [3.63, 3.8) is 0 Å². The third-order valence-corrected chi connectivity index (χ3v) is 6.14. The molecule has 2 rings (SSSR count). The van der Waals surface area contributed by atoms with Crippen LogP contribution in [0.25, 0.3) is 0 Å². The predicted molar refractivity (Wildman–Crippen MR) is 124 cm³/mol. The van der Waals surface area contributed by atoms with E-state index in [4.69, 9.17) is 14.7 Å². The van der Waals surface area contributed by atoms with Crippen molar-refractivity contribution in [2.45, 2.75) is 30.7 Å². The van der Waals surface area contributed by atoms with Gasteiger partial charge in [0.1, 0.15) is 24.1 Å². The maximum Gasteiger partial charge on any atom is 0.261 e. The number of carbonyl (C=O) groups excluding carboxylic acids is 2. The Bertz CT molecular complexity index is 1140. The summed E-state index contributed by atoms with van der Waals surface area (Å²) in [4.78, 5) is 24.3. The molecule has 0 aliphatic heterocycles. The van der Waals surface area contributed by atoms with E-state index in [1.165, 1.54) is 36.9 Å². The molecule has 0 aliphatic rings. The lowest BCUT2D eigenvalue weighted by Gasteiger charge is -2.17. The molecule has 182 valence electrons. The SMILES string of the molecule is CC#CCOc1ccc(S(=O)(=O)N[C@H](CCCNC(=O)c2ccccc2OC)C(=O)NO)cc1. The summed E-state index contributed by atoms with van der Waals surface area (Å²) in [5.41, 5.74) is 1.82. The summed E-state index contributed by atoms with van der Waals surface area (Å²) in [7, 11) is -2.61. The molecular formula is C23H27N3O7S. The molecule has 0 saturated carbocycles. The number of benzene rings is 2. The van der Waals surface area contributed by atoms with E-state index in [-0.39, 0.29) is 36.8 Å². The van der Waals surface area contributed by atoms with Gasteiger partial charge in [-0.3, -0.25) is 14.8 Å². The normalized spacial score (nSPS) is 11.5. The zero-order valence-corrected chi connectivity index (χ0v) is 19.6. The quantitative estimate of drug-likeness (QED) is 0.153. The van der Waals surface area contributed by atoms with Gasteiger partial charge < -0.3 is 14.8 Å². The maximum atomic E-state index is 12.7. The second-order valence-electron chi connectivity index (χ2n) is 6.94. The lowest BCUT2D eigenvalue weighted by molar-refractivity contribution is -0.131. The van der Waals surface area contributed by atoms with Crippen molar-refractivity contribution >= 4 is 21.8 Å². The number of carbonyl (C=O) groups is 2. The van der Waals surface area contributed by atoms with E-state index in [2.05, 4.69) is 21.9 Å². The molecule has 0 spiro atoms. The van der Waals surface area contributed by atoms with Gasteiger partial charge in [0, 0.05) is 6.54 Å². The second kappa shape index (κ2) is 13.2. The molecule has 2 aromatic rings. The number of nitrogens with one attached hydrogen (secondary N) is 3. The van der Waals surface area contributed by atoms with Crippen molar-refractivity contribution in [1.29, 1.82) is 0 Å². The molecule has 0 unspecified atom stereocenters. The number of sulfonamides is 1. The summed E-state index contributed by atoms with van der Waals surface area (Å²) >= 11 is 0. The van der Waals surface area contributed by atoms with Gasteiger partial charge in [-0.1, -0.05) is 18.1 Å². The number of para-hydroxylation sites is 1. The van der Waals surface area contributed by atoms with Gasteiger partial charge in [-0.25, -0.2) is 13.9 Å². The minimum absolute atomic E-state index is 0.0225. The Hall–Kier alpha value is -3.59. The van der Waals surface area contributed by atoms with Crippen LogP contribution in [0.5, 0.6) is 11.5 Å². The van der Waals surface area contributed by atoms with Crippen LogP contribution in [0.3, 0.4) is 0 Å². The van der Waals surface area contributed by atoms with Gasteiger partial charge >= 0.3 is 0 Å². The van der Waals surface area contributed by atoms with Crippen LogP contribution < -0.4 is 25.0 Å². The average molecular weight is 490 g/mol. The van der Waals surface area contributed by atoms with Crippen molar-refractivity contribution in [3.8, 4) is 23.3 Å². The van der Waals surface area contributed by atoms with E-state index in [1.807, 2.05) is 0 Å². The first-order chi connectivity index (χ1) is 16.3. The molecular weight excluding hydrogens is 462 g/mol. The number of hydrogen-bond acceptors (Lipinski definition) is 7. The molecule has 0 bridgehead atoms. The van der Waals surface area contributed by atoms with Gasteiger partial charge in [0.05, 0.1) is 17.6 Å².